The van der Waals surface area contributed by atoms with Crippen molar-refractivity contribution in [2.45, 2.75) is 26.9 Å². The number of aryl methyl sites for hydroxylation is 1. The van der Waals surface area contributed by atoms with Crippen molar-refractivity contribution in [2.75, 3.05) is 26.2 Å². The molecule has 1 unspecified atom stereocenters. The maximum absolute atomic E-state index is 12.7. The smallest absolute Gasteiger partial charge is 0.253 e. The first-order valence-corrected chi connectivity index (χ1v) is 8.93. The molecule has 2 aromatic rings. The van der Waals surface area contributed by atoms with E-state index in [1.165, 1.54) is 0 Å². The highest BCUT2D eigenvalue weighted by Crippen LogP contribution is 2.29. The topological polar surface area (TPSA) is 85.4 Å². The van der Waals surface area contributed by atoms with Crippen LogP contribution >= 0.6 is 0 Å². The average Bonchev–Trinajstić information content (AvgIpc) is 3.01. The molecule has 2 rings (SSSR count). The predicted octanol–water partition coefficient (Wildman–Crippen LogP) is 2.24. The molecule has 1 aromatic heterocycles. The quantitative estimate of drug-likeness (QED) is 0.601. The van der Waals surface area contributed by atoms with Gasteiger partial charge in [0.25, 0.3) is 5.91 Å². The van der Waals surface area contributed by atoms with Crippen LogP contribution < -0.4 is 5.32 Å². The molecule has 0 saturated heterocycles. The minimum Gasteiger partial charge on any atom is -0.390 e. The van der Waals surface area contributed by atoms with Gasteiger partial charge < -0.3 is 20.3 Å². The molecular weight excluding hydrogens is 330 g/mol. The molecule has 0 aliphatic carbocycles. The summed E-state index contributed by atoms with van der Waals surface area (Å²) in [5, 5.41) is 13.0. The maximum atomic E-state index is 12.7. The van der Waals surface area contributed by atoms with Crippen LogP contribution in [0.3, 0.4) is 0 Å². The first kappa shape index (κ1) is 19.9. The summed E-state index contributed by atoms with van der Waals surface area (Å²) in [7, 11) is 0. The van der Waals surface area contributed by atoms with Crippen molar-refractivity contribution in [1.29, 1.82) is 0 Å². The van der Waals surface area contributed by atoms with Gasteiger partial charge in [0.2, 0.25) is 0 Å². The number of H-pyrrole nitrogens is 1. The fourth-order valence-corrected chi connectivity index (χ4v) is 3.07. The maximum Gasteiger partial charge on any atom is 0.253 e. The SMILES string of the molecule is CCN(CC)CC(O)CNC(=O)c1c(C)[nH]c(C=O)c1-c1ccccc1. The second-order valence-electron chi connectivity index (χ2n) is 6.25. The molecule has 6 nitrogen and oxygen atoms in total. The van der Waals surface area contributed by atoms with Crippen molar-refractivity contribution in [3.63, 3.8) is 0 Å². The monoisotopic (exact) mass is 357 g/mol. The average molecular weight is 357 g/mol. The number of aliphatic hydroxyl groups excluding tert-OH is 1. The van der Waals surface area contributed by atoms with Gasteiger partial charge in [-0.05, 0) is 25.6 Å². The summed E-state index contributed by atoms with van der Waals surface area (Å²) < 4.78 is 0. The lowest BCUT2D eigenvalue weighted by molar-refractivity contribution is 0.0869. The molecule has 0 saturated carbocycles. The molecule has 6 heteroatoms. The van der Waals surface area contributed by atoms with Gasteiger partial charge in [0.05, 0.1) is 17.4 Å². The molecule has 0 aliphatic heterocycles. The van der Waals surface area contributed by atoms with Gasteiger partial charge >= 0.3 is 0 Å². The lowest BCUT2D eigenvalue weighted by atomic mass is 10.00. The summed E-state index contributed by atoms with van der Waals surface area (Å²) in [6.07, 6.45) is 0.0743. The van der Waals surface area contributed by atoms with Crippen LogP contribution in [-0.4, -0.2) is 59.5 Å². The third-order valence-electron chi connectivity index (χ3n) is 4.49. The van der Waals surface area contributed by atoms with Gasteiger partial charge in [-0.2, -0.15) is 0 Å². The number of likely N-dealkylation sites (N-methyl/N-ethyl adjacent to an activating group) is 1. The summed E-state index contributed by atoms with van der Waals surface area (Å²) >= 11 is 0. The Bertz CT molecular complexity index is 736. The van der Waals surface area contributed by atoms with Crippen LogP contribution in [0, 0.1) is 6.92 Å². The minimum absolute atomic E-state index is 0.157. The van der Waals surface area contributed by atoms with Crippen LogP contribution in [0.15, 0.2) is 30.3 Å². The molecule has 3 N–H and O–H groups in total. The zero-order valence-corrected chi connectivity index (χ0v) is 15.6. The van der Waals surface area contributed by atoms with E-state index in [0.29, 0.717) is 29.1 Å². The van der Waals surface area contributed by atoms with Crippen molar-refractivity contribution in [2.24, 2.45) is 0 Å². The molecule has 0 fully saturated rings. The first-order chi connectivity index (χ1) is 12.5. The molecule has 0 bridgehead atoms. The van der Waals surface area contributed by atoms with Gasteiger partial charge in [0.15, 0.2) is 6.29 Å². The number of nitrogens with zero attached hydrogens (tertiary/aromatic N) is 1. The zero-order valence-electron chi connectivity index (χ0n) is 15.6. The number of rotatable bonds is 9. The predicted molar refractivity (Wildman–Crippen MR) is 102 cm³/mol. The summed E-state index contributed by atoms with van der Waals surface area (Å²) in [6, 6.07) is 9.33. The standard InChI is InChI=1S/C20H27N3O3/c1-4-23(5-2)12-16(25)11-21-20(26)18-14(3)22-17(13-24)19(18)15-9-7-6-8-10-15/h6-10,13,16,22,25H,4-5,11-12H2,1-3H3,(H,21,26). The summed E-state index contributed by atoms with van der Waals surface area (Å²) in [5.74, 6) is -0.302. The Morgan fingerprint density at radius 3 is 2.50 bits per heavy atom. The number of carbonyl (C=O) groups is 2. The number of nitrogens with one attached hydrogen (secondary N) is 2. The van der Waals surface area contributed by atoms with E-state index in [1.807, 2.05) is 44.2 Å². The lowest BCUT2D eigenvalue weighted by Gasteiger charge is -2.22. The van der Waals surface area contributed by atoms with E-state index in [0.717, 1.165) is 24.9 Å². The molecule has 1 heterocycles. The van der Waals surface area contributed by atoms with E-state index < -0.39 is 6.10 Å². The molecule has 0 aliphatic rings. The normalized spacial score (nSPS) is 12.2. The summed E-state index contributed by atoms with van der Waals surface area (Å²) in [4.78, 5) is 29.3. The Hall–Kier alpha value is -2.44. The molecule has 1 atom stereocenters. The Kier molecular flexibility index (Phi) is 7.12. The Morgan fingerprint density at radius 1 is 1.27 bits per heavy atom. The molecule has 1 amide bonds. The Balaban J connectivity index is 2.19. The van der Waals surface area contributed by atoms with E-state index >= 15 is 0 Å². The second-order valence-corrected chi connectivity index (χ2v) is 6.25. The van der Waals surface area contributed by atoms with Crippen LogP contribution in [0.25, 0.3) is 11.1 Å². The number of hydrogen-bond donors (Lipinski definition) is 3. The Morgan fingerprint density at radius 2 is 1.92 bits per heavy atom. The van der Waals surface area contributed by atoms with Gasteiger partial charge in [0, 0.05) is 24.3 Å². The number of amides is 1. The molecule has 26 heavy (non-hydrogen) atoms. The highest BCUT2D eigenvalue weighted by molar-refractivity contribution is 6.06. The fraction of sp³-hybridized carbons (Fsp3) is 0.400. The largest absolute Gasteiger partial charge is 0.390 e. The van der Waals surface area contributed by atoms with Gasteiger partial charge in [0.1, 0.15) is 0 Å². The third kappa shape index (κ3) is 4.59. The molecule has 140 valence electrons. The second kappa shape index (κ2) is 9.31. The fourth-order valence-electron chi connectivity index (χ4n) is 3.07. The van der Waals surface area contributed by atoms with Crippen LogP contribution in [0.2, 0.25) is 0 Å². The highest BCUT2D eigenvalue weighted by atomic mass is 16.3. The van der Waals surface area contributed by atoms with Crippen LogP contribution in [0.1, 0.15) is 40.4 Å². The number of aldehydes is 1. The van der Waals surface area contributed by atoms with Crippen molar-refractivity contribution in [3.8, 4) is 11.1 Å². The van der Waals surface area contributed by atoms with E-state index in [2.05, 4.69) is 15.2 Å². The van der Waals surface area contributed by atoms with Gasteiger partial charge in [-0.15, -0.1) is 0 Å². The molecule has 0 radical (unpaired) electrons. The third-order valence-corrected chi connectivity index (χ3v) is 4.49. The molecule has 0 spiro atoms. The number of hydrogen-bond acceptors (Lipinski definition) is 4. The molecular formula is C20H27N3O3. The van der Waals surface area contributed by atoms with Gasteiger partial charge in [-0.1, -0.05) is 44.2 Å². The molecule has 1 aromatic carbocycles. The Labute approximate surface area is 154 Å². The number of benzene rings is 1. The summed E-state index contributed by atoms with van der Waals surface area (Å²) in [5.41, 5.74) is 2.83. The van der Waals surface area contributed by atoms with Crippen LogP contribution in [0.4, 0.5) is 0 Å². The number of carbonyl (C=O) groups excluding carboxylic acids is 2. The lowest BCUT2D eigenvalue weighted by Crippen LogP contribution is -2.40. The van der Waals surface area contributed by atoms with Crippen LogP contribution in [-0.2, 0) is 0 Å². The van der Waals surface area contributed by atoms with Crippen molar-refractivity contribution in [1.82, 2.24) is 15.2 Å². The van der Waals surface area contributed by atoms with E-state index in [4.69, 9.17) is 0 Å². The van der Waals surface area contributed by atoms with Crippen molar-refractivity contribution >= 4 is 12.2 Å². The van der Waals surface area contributed by atoms with Gasteiger partial charge in [-0.3, -0.25) is 9.59 Å². The number of aliphatic hydroxyl groups is 1. The van der Waals surface area contributed by atoms with E-state index in [-0.39, 0.29) is 12.5 Å². The number of aromatic amines is 1. The summed E-state index contributed by atoms with van der Waals surface area (Å²) in [6.45, 7) is 8.19. The number of aromatic nitrogens is 1. The first-order valence-electron chi connectivity index (χ1n) is 8.93. The van der Waals surface area contributed by atoms with E-state index in [1.54, 1.807) is 6.92 Å². The zero-order chi connectivity index (χ0) is 19.1. The van der Waals surface area contributed by atoms with Gasteiger partial charge in [-0.25, -0.2) is 0 Å². The van der Waals surface area contributed by atoms with Crippen molar-refractivity contribution < 1.29 is 14.7 Å². The van der Waals surface area contributed by atoms with E-state index in [9.17, 15) is 14.7 Å². The highest BCUT2D eigenvalue weighted by Gasteiger charge is 2.22. The minimum atomic E-state index is -0.649. The van der Waals surface area contributed by atoms with Crippen LogP contribution in [0.5, 0.6) is 0 Å². The van der Waals surface area contributed by atoms with Crippen molar-refractivity contribution in [3.05, 3.63) is 47.3 Å².